The minimum atomic E-state index is 0.371. The molecule has 0 spiro atoms. The molecule has 1 unspecified atom stereocenters. The molecule has 1 nitrogen and oxygen atoms in total. The first kappa shape index (κ1) is 8.55. The fourth-order valence-corrected chi connectivity index (χ4v) is 1.38. The molecular formula is C9H13OP. The lowest BCUT2D eigenvalue weighted by atomic mass is 10.0. The first-order valence-corrected chi connectivity index (χ1v) is 4.17. The van der Waals surface area contributed by atoms with Crippen molar-refractivity contribution in [3.05, 3.63) is 22.8 Å². The molecule has 0 saturated heterocycles. The van der Waals surface area contributed by atoms with E-state index in [4.69, 9.17) is 0 Å². The molecule has 1 rings (SSSR count). The molecule has 0 heterocycles. The van der Waals surface area contributed by atoms with Gasteiger partial charge in [-0.2, -0.15) is 0 Å². The predicted octanol–water partition coefficient (Wildman–Crippen LogP) is 1.82. The van der Waals surface area contributed by atoms with Gasteiger partial charge in [0.05, 0.1) is 0 Å². The van der Waals surface area contributed by atoms with Gasteiger partial charge in [0.1, 0.15) is 5.75 Å². The van der Waals surface area contributed by atoms with Crippen molar-refractivity contribution in [1.82, 2.24) is 0 Å². The molecule has 0 aromatic heterocycles. The smallest absolute Gasteiger partial charge is 0.123 e. The van der Waals surface area contributed by atoms with Crippen LogP contribution >= 0.6 is 9.24 Å². The Morgan fingerprint density at radius 2 is 1.73 bits per heavy atom. The van der Waals surface area contributed by atoms with E-state index in [1.165, 1.54) is 5.56 Å². The van der Waals surface area contributed by atoms with Crippen LogP contribution in [-0.2, 0) is 0 Å². The number of rotatable bonds is 0. The number of phenolic OH excluding ortho intramolecular Hbond substituents is 1. The monoisotopic (exact) mass is 168 g/mol. The van der Waals surface area contributed by atoms with Crippen molar-refractivity contribution in [3.63, 3.8) is 0 Å². The molecule has 0 saturated carbocycles. The standard InChI is InChI=1S/C9H13OP/c1-5-4-8(10)9(11)7(3)6(5)2/h4,10H,11H2,1-3H3. The van der Waals surface area contributed by atoms with Crippen molar-refractivity contribution >= 4 is 14.5 Å². The zero-order valence-electron chi connectivity index (χ0n) is 7.10. The van der Waals surface area contributed by atoms with Gasteiger partial charge in [-0.05, 0) is 43.5 Å². The normalized spacial score (nSPS) is 10.2. The van der Waals surface area contributed by atoms with E-state index in [0.717, 1.165) is 16.4 Å². The van der Waals surface area contributed by atoms with E-state index < -0.39 is 0 Å². The Balaban J connectivity index is 3.46. The molecule has 0 bridgehead atoms. The molecule has 1 atom stereocenters. The molecule has 1 aromatic carbocycles. The second kappa shape index (κ2) is 2.83. The van der Waals surface area contributed by atoms with Gasteiger partial charge >= 0.3 is 0 Å². The van der Waals surface area contributed by atoms with Crippen molar-refractivity contribution in [1.29, 1.82) is 0 Å². The minimum absolute atomic E-state index is 0.371. The molecule has 0 fully saturated rings. The molecule has 1 N–H and O–H groups in total. The Bertz CT molecular complexity index is 266. The van der Waals surface area contributed by atoms with E-state index in [2.05, 4.69) is 16.2 Å². The van der Waals surface area contributed by atoms with Crippen molar-refractivity contribution in [2.45, 2.75) is 20.8 Å². The van der Waals surface area contributed by atoms with E-state index in [0.29, 0.717) is 5.75 Å². The zero-order chi connectivity index (χ0) is 8.59. The maximum Gasteiger partial charge on any atom is 0.123 e. The second-order valence-electron chi connectivity index (χ2n) is 2.88. The first-order chi connectivity index (χ1) is 5.04. The zero-order valence-corrected chi connectivity index (χ0v) is 8.26. The molecule has 60 valence electrons. The van der Waals surface area contributed by atoms with Crippen LogP contribution in [0, 0.1) is 20.8 Å². The van der Waals surface area contributed by atoms with E-state index in [1.807, 2.05) is 13.8 Å². The summed E-state index contributed by atoms with van der Waals surface area (Å²) in [5.74, 6) is 0.371. The van der Waals surface area contributed by atoms with Gasteiger partial charge in [0.15, 0.2) is 0 Å². The summed E-state index contributed by atoms with van der Waals surface area (Å²) in [6, 6.07) is 1.80. The Hall–Kier alpha value is -0.550. The molecule has 0 aliphatic carbocycles. The summed E-state index contributed by atoms with van der Waals surface area (Å²) >= 11 is 0. The Morgan fingerprint density at radius 1 is 1.18 bits per heavy atom. The fourth-order valence-electron chi connectivity index (χ4n) is 1.08. The lowest BCUT2D eigenvalue weighted by Crippen LogP contribution is -2.02. The second-order valence-corrected chi connectivity index (χ2v) is 3.45. The van der Waals surface area contributed by atoms with E-state index in [1.54, 1.807) is 6.07 Å². The van der Waals surface area contributed by atoms with E-state index in [9.17, 15) is 5.11 Å². The number of phenols is 1. The summed E-state index contributed by atoms with van der Waals surface area (Å²) in [5.41, 5.74) is 3.56. The minimum Gasteiger partial charge on any atom is -0.507 e. The van der Waals surface area contributed by atoms with Crippen LogP contribution in [0.5, 0.6) is 5.75 Å². The van der Waals surface area contributed by atoms with Gasteiger partial charge in [-0.15, -0.1) is 9.24 Å². The average Bonchev–Trinajstić information content (AvgIpc) is 1.97. The summed E-state index contributed by atoms with van der Waals surface area (Å²) < 4.78 is 0. The van der Waals surface area contributed by atoms with Crippen LogP contribution in [-0.4, -0.2) is 5.11 Å². The lowest BCUT2D eigenvalue weighted by molar-refractivity contribution is 0.479. The molecule has 1 aromatic rings. The van der Waals surface area contributed by atoms with Gasteiger partial charge in [-0.1, -0.05) is 0 Å². The molecule has 11 heavy (non-hydrogen) atoms. The number of aryl methyl sites for hydroxylation is 1. The topological polar surface area (TPSA) is 20.2 Å². The number of aromatic hydroxyl groups is 1. The molecule has 0 aliphatic rings. The molecule has 0 radical (unpaired) electrons. The predicted molar refractivity (Wildman–Crippen MR) is 51.7 cm³/mol. The van der Waals surface area contributed by atoms with Crippen molar-refractivity contribution in [3.8, 4) is 5.75 Å². The van der Waals surface area contributed by atoms with Gasteiger partial charge in [0.25, 0.3) is 0 Å². The maximum atomic E-state index is 9.38. The number of benzene rings is 1. The summed E-state index contributed by atoms with van der Waals surface area (Å²) in [5, 5.41) is 10.3. The van der Waals surface area contributed by atoms with Crippen LogP contribution < -0.4 is 5.30 Å². The van der Waals surface area contributed by atoms with Crippen LogP contribution in [0.4, 0.5) is 0 Å². The van der Waals surface area contributed by atoms with Gasteiger partial charge in [0, 0.05) is 5.30 Å². The largest absolute Gasteiger partial charge is 0.507 e. The molecular weight excluding hydrogens is 155 g/mol. The molecule has 0 aliphatic heterocycles. The highest BCUT2D eigenvalue weighted by Crippen LogP contribution is 2.19. The maximum absolute atomic E-state index is 9.38. The van der Waals surface area contributed by atoms with Crippen LogP contribution in [0.3, 0.4) is 0 Å². The van der Waals surface area contributed by atoms with Gasteiger partial charge in [-0.25, -0.2) is 0 Å². The van der Waals surface area contributed by atoms with Crippen LogP contribution in [0.25, 0.3) is 0 Å². The van der Waals surface area contributed by atoms with Crippen molar-refractivity contribution < 1.29 is 5.11 Å². The first-order valence-electron chi connectivity index (χ1n) is 3.59. The third-order valence-electron chi connectivity index (χ3n) is 2.19. The molecule has 0 amide bonds. The van der Waals surface area contributed by atoms with E-state index in [-0.39, 0.29) is 0 Å². The summed E-state index contributed by atoms with van der Waals surface area (Å²) in [6.07, 6.45) is 0. The highest BCUT2D eigenvalue weighted by Gasteiger charge is 2.04. The SMILES string of the molecule is Cc1cc(O)c(P)c(C)c1C. The van der Waals surface area contributed by atoms with Crippen LogP contribution in [0.1, 0.15) is 16.7 Å². The lowest BCUT2D eigenvalue weighted by Gasteiger charge is -2.09. The van der Waals surface area contributed by atoms with Crippen LogP contribution in [0.2, 0.25) is 0 Å². The Morgan fingerprint density at radius 3 is 2.27 bits per heavy atom. The fraction of sp³-hybridized carbons (Fsp3) is 0.333. The Kier molecular flexibility index (Phi) is 2.20. The van der Waals surface area contributed by atoms with E-state index >= 15 is 0 Å². The summed E-state index contributed by atoms with van der Waals surface area (Å²) in [6.45, 7) is 6.09. The third kappa shape index (κ3) is 1.39. The van der Waals surface area contributed by atoms with Crippen molar-refractivity contribution in [2.24, 2.45) is 0 Å². The number of hydrogen-bond donors (Lipinski definition) is 1. The van der Waals surface area contributed by atoms with Gasteiger partial charge in [-0.3, -0.25) is 0 Å². The van der Waals surface area contributed by atoms with Gasteiger partial charge in [0.2, 0.25) is 0 Å². The summed E-state index contributed by atoms with van der Waals surface area (Å²) in [4.78, 5) is 0. The van der Waals surface area contributed by atoms with Crippen LogP contribution in [0.15, 0.2) is 6.07 Å². The average molecular weight is 168 g/mol. The third-order valence-corrected chi connectivity index (χ3v) is 2.92. The molecule has 2 heteroatoms. The van der Waals surface area contributed by atoms with Gasteiger partial charge < -0.3 is 5.11 Å². The summed E-state index contributed by atoms with van der Waals surface area (Å²) in [7, 11) is 2.55. The van der Waals surface area contributed by atoms with Crippen molar-refractivity contribution in [2.75, 3.05) is 0 Å². The number of hydrogen-bond acceptors (Lipinski definition) is 1. The Labute approximate surface area is 69.7 Å². The highest BCUT2D eigenvalue weighted by atomic mass is 31.0. The quantitative estimate of drug-likeness (QED) is 0.586. The highest BCUT2D eigenvalue weighted by molar-refractivity contribution is 7.28.